The molecule has 0 unspecified atom stereocenters. The van der Waals surface area contributed by atoms with Gasteiger partial charge in [0.2, 0.25) is 11.8 Å². The molecule has 1 aromatic carbocycles. The zero-order chi connectivity index (χ0) is 36.6. The number of methoxy groups -OCH3 is 1. The highest BCUT2D eigenvalue weighted by molar-refractivity contribution is 6.74. The number of cyclic esters (lactones) is 1. The lowest BCUT2D eigenvalue weighted by Crippen LogP contribution is -2.46. The Morgan fingerprint density at radius 3 is 2.39 bits per heavy atom. The molecule has 0 aromatic heterocycles. The van der Waals surface area contributed by atoms with Crippen LogP contribution in [-0.4, -0.2) is 51.5 Å². The largest absolute Gasteiger partial charge is 0.490 e. The van der Waals surface area contributed by atoms with Crippen molar-refractivity contribution in [3.05, 3.63) is 107 Å². The number of amides is 2. The van der Waals surface area contributed by atoms with Crippen molar-refractivity contribution in [1.29, 1.82) is 0 Å². The van der Waals surface area contributed by atoms with Crippen molar-refractivity contribution in [3.8, 4) is 0 Å². The Bertz CT molecular complexity index is 1430. The van der Waals surface area contributed by atoms with E-state index in [1.807, 2.05) is 75.4 Å². The average Bonchev–Trinajstić information content (AvgIpc) is 3.03. The van der Waals surface area contributed by atoms with E-state index in [0.717, 1.165) is 16.2 Å². The van der Waals surface area contributed by atoms with Gasteiger partial charge in [0.25, 0.3) is 0 Å². The predicted octanol–water partition coefficient (Wildman–Crippen LogP) is 8.20. The van der Waals surface area contributed by atoms with Crippen molar-refractivity contribution in [2.75, 3.05) is 7.11 Å². The number of halogens is 1. The lowest BCUT2D eigenvalue weighted by molar-refractivity contribution is -0.151. The molecule has 0 saturated carbocycles. The second kappa shape index (κ2) is 20.1. The number of hydrogen-bond acceptors (Lipinski definition) is 6. The van der Waals surface area contributed by atoms with Crippen LogP contribution in [0.5, 0.6) is 0 Å². The van der Waals surface area contributed by atoms with Crippen LogP contribution in [0.2, 0.25) is 18.1 Å². The highest BCUT2D eigenvalue weighted by atomic mass is 35.5. The number of allylic oxidation sites excluding steroid dienone is 5. The molecular weight excluding hydrogens is 656 g/mol. The summed E-state index contributed by atoms with van der Waals surface area (Å²) in [6.07, 6.45) is 17.7. The normalized spacial score (nSPS) is 18.3. The topological polar surface area (TPSA) is 103 Å². The summed E-state index contributed by atoms with van der Waals surface area (Å²) in [7, 11) is -0.572. The van der Waals surface area contributed by atoms with Crippen molar-refractivity contribution >= 4 is 37.7 Å². The number of carbonyl (C=O) groups is 3. The summed E-state index contributed by atoms with van der Waals surface area (Å²) in [6.45, 7) is 16.8. The maximum absolute atomic E-state index is 13.3. The van der Waals surface area contributed by atoms with E-state index in [1.165, 1.54) is 13.2 Å². The fraction of sp³-hybridized carbons (Fsp3) is 0.462. The molecule has 2 rings (SSSR count). The lowest BCUT2D eigenvalue weighted by Gasteiger charge is -2.39. The summed E-state index contributed by atoms with van der Waals surface area (Å²) in [5.74, 6) is -0.943. The molecule has 0 spiro atoms. The van der Waals surface area contributed by atoms with E-state index >= 15 is 0 Å². The minimum absolute atomic E-state index is 0.0101. The summed E-state index contributed by atoms with van der Waals surface area (Å²) < 4.78 is 17.1. The SMILES string of the molecule is COC1=CC[C@@H]([C@@H](C)C=C(C)C=CC=CC(=O)N[C@@H](Cc2ccccc2)C(=O)NC=CC[C@H](CC=C(C)Cl)O[Si](C)(C)C(C)(C)C)OC1=O. The number of nitrogens with one attached hydrogen (secondary N) is 2. The summed E-state index contributed by atoms with van der Waals surface area (Å²) in [5, 5.41) is 6.47. The number of esters is 1. The summed E-state index contributed by atoms with van der Waals surface area (Å²) in [4.78, 5) is 38.2. The van der Waals surface area contributed by atoms with E-state index in [-0.39, 0.29) is 40.7 Å². The molecule has 0 bridgehead atoms. The molecule has 268 valence electrons. The Labute approximate surface area is 299 Å². The van der Waals surface area contributed by atoms with Crippen LogP contribution in [0.1, 0.15) is 66.4 Å². The van der Waals surface area contributed by atoms with Crippen LogP contribution in [-0.2, 0) is 34.7 Å². The Morgan fingerprint density at radius 1 is 1.10 bits per heavy atom. The van der Waals surface area contributed by atoms with Crippen molar-refractivity contribution < 1.29 is 28.3 Å². The quantitative estimate of drug-likeness (QED) is 0.0732. The van der Waals surface area contributed by atoms with E-state index in [4.69, 9.17) is 25.5 Å². The number of ether oxygens (including phenoxy) is 2. The lowest BCUT2D eigenvalue weighted by atomic mass is 9.97. The van der Waals surface area contributed by atoms with Crippen molar-refractivity contribution in [2.45, 2.75) is 104 Å². The number of carbonyl (C=O) groups excluding carboxylic acids is 3. The van der Waals surface area contributed by atoms with E-state index < -0.39 is 20.3 Å². The minimum atomic E-state index is -2.02. The molecule has 4 atom stereocenters. The first kappa shape index (κ1) is 41.5. The number of benzene rings is 1. The smallest absolute Gasteiger partial charge is 0.373 e. The molecule has 8 nitrogen and oxygen atoms in total. The Morgan fingerprint density at radius 2 is 1.78 bits per heavy atom. The first-order chi connectivity index (χ1) is 23.0. The monoisotopic (exact) mass is 710 g/mol. The highest BCUT2D eigenvalue weighted by Gasteiger charge is 2.38. The third-order valence-corrected chi connectivity index (χ3v) is 13.3. The fourth-order valence-corrected chi connectivity index (χ4v) is 6.26. The molecular formula is C39H55ClN2O6Si. The predicted molar refractivity (Wildman–Crippen MR) is 201 cm³/mol. The summed E-state index contributed by atoms with van der Waals surface area (Å²) in [5.41, 5.74) is 1.88. The molecule has 0 fully saturated rings. The van der Waals surface area contributed by atoms with Crippen LogP contribution in [0.4, 0.5) is 0 Å². The van der Waals surface area contributed by atoms with E-state index in [2.05, 4.69) is 44.5 Å². The van der Waals surface area contributed by atoms with E-state index in [9.17, 15) is 14.4 Å². The average molecular weight is 711 g/mol. The van der Waals surface area contributed by atoms with Gasteiger partial charge in [0.05, 0.1) is 13.2 Å². The standard InChI is InChI=1S/C39H55ClN2O6Si/c1-28(26-29(2)34-23-24-35(46-7)38(45)47-34)16-13-14-20-36(43)42-33(27-31-17-11-10-12-18-31)37(44)41-25-15-19-32(22-21-30(3)40)48-49(8,9)39(4,5)6/h10-18,20-21,24-26,29,32-34H,19,22-23,27H2,1-9H3,(H,41,44)(H,42,43)/t29-,32+,33-,34-/m0/s1. The molecule has 2 amide bonds. The zero-order valence-corrected chi connectivity index (χ0v) is 32.3. The van der Waals surface area contributed by atoms with Gasteiger partial charge in [0.15, 0.2) is 14.1 Å². The molecule has 49 heavy (non-hydrogen) atoms. The summed E-state index contributed by atoms with van der Waals surface area (Å²) in [6, 6.07) is 8.77. The van der Waals surface area contributed by atoms with E-state index in [1.54, 1.807) is 24.4 Å². The molecule has 10 heteroatoms. The van der Waals surface area contributed by atoms with Gasteiger partial charge in [-0.05, 0) is 62.7 Å². The number of rotatable bonds is 17. The van der Waals surface area contributed by atoms with Gasteiger partial charge in [-0.3, -0.25) is 9.59 Å². The molecule has 1 heterocycles. The molecule has 1 aliphatic rings. The van der Waals surface area contributed by atoms with E-state index in [0.29, 0.717) is 25.7 Å². The molecule has 0 radical (unpaired) electrons. The maximum atomic E-state index is 13.3. The minimum Gasteiger partial charge on any atom is -0.490 e. The molecule has 0 saturated heterocycles. The molecule has 2 N–H and O–H groups in total. The van der Waals surface area contributed by atoms with Gasteiger partial charge in [0.1, 0.15) is 12.1 Å². The summed E-state index contributed by atoms with van der Waals surface area (Å²) >= 11 is 6.12. The first-order valence-electron chi connectivity index (χ1n) is 16.8. The highest BCUT2D eigenvalue weighted by Crippen LogP contribution is 2.38. The van der Waals surface area contributed by atoms with Crippen LogP contribution < -0.4 is 10.6 Å². The van der Waals surface area contributed by atoms with Crippen LogP contribution in [0.25, 0.3) is 0 Å². The Kier molecular flexibility index (Phi) is 17.0. The van der Waals surface area contributed by atoms with Crippen LogP contribution in [0.15, 0.2) is 102 Å². The van der Waals surface area contributed by atoms with Crippen molar-refractivity contribution in [1.82, 2.24) is 10.6 Å². The first-order valence-corrected chi connectivity index (χ1v) is 20.1. The van der Waals surface area contributed by atoms with Crippen LogP contribution in [0, 0.1) is 5.92 Å². The van der Waals surface area contributed by atoms with Gasteiger partial charge in [-0.15, -0.1) is 0 Å². The molecule has 0 aliphatic carbocycles. The van der Waals surface area contributed by atoms with Gasteiger partial charge in [-0.25, -0.2) is 4.79 Å². The second-order valence-electron chi connectivity index (χ2n) is 13.9. The van der Waals surface area contributed by atoms with Crippen molar-refractivity contribution in [3.63, 3.8) is 0 Å². The van der Waals surface area contributed by atoms with Gasteiger partial charge in [-0.2, -0.15) is 0 Å². The second-order valence-corrected chi connectivity index (χ2v) is 19.2. The van der Waals surface area contributed by atoms with Crippen LogP contribution >= 0.6 is 11.6 Å². The maximum Gasteiger partial charge on any atom is 0.373 e. The van der Waals surface area contributed by atoms with Crippen LogP contribution in [0.3, 0.4) is 0 Å². The number of hydrogen-bond donors (Lipinski definition) is 2. The Balaban J connectivity index is 2.04. The third kappa shape index (κ3) is 15.2. The van der Waals surface area contributed by atoms with Gasteiger partial charge in [-0.1, -0.05) is 112 Å². The molecule has 1 aromatic rings. The fourth-order valence-electron chi connectivity index (χ4n) is 4.79. The zero-order valence-electron chi connectivity index (χ0n) is 30.5. The van der Waals surface area contributed by atoms with Gasteiger partial charge >= 0.3 is 5.97 Å². The molecule has 1 aliphatic heterocycles. The van der Waals surface area contributed by atoms with Gasteiger partial charge in [0, 0.05) is 29.9 Å². The third-order valence-electron chi connectivity index (χ3n) is 8.63. The van der Waals surface area contributed by atoms with Gasteiger partial charge < -0.3 is 24.5 Å². The van der Waals surface area contributed by atoms with Crippen molar-refractivity contribution in [2.24, 2.45) is 5.92 Å². The Hall–Kier alpha value is -3.66.